The van der Waals surface area contributed by atoms with Gasteiger partial charge in [0.05, 0.1) is 12.2 Å². The number of halogens is 5. The molecule has 0 aliphatic carbocycles. The Kier molecular flexibility index (Phi) is 7.89. The van der Waals surface area contributed by atoms with Gasteiger partial charge in [-0.3, -0.25) is 0 Å². The molecular weight excluding hydrogens is 423 g/mol. The van der Waals surface area contributed by atoms with Crippen LogP contribution in [0.4, 0.5) is 22.0 Å². The molecule has 0 aliphatic rings. The minimum Gasteiger partial charge on any atom is -0.490 e. The van der Waals surface area contributed by atoms with Gasteiger partial charge in [-0.05, 0) is 54.5 Å². The topological polar surface area (TPSA) is 9.23 Å². The molecule has 0 spiro atoms. The van der Waals surface area contributed by atoms with Crippen molar-refractivity contribution in [1.29, 1.82) is 0 Å². The molecule has 3 rings (SSSR count). The molecule has 3 aromatic carbocycles. The van der Waals surface area contributed by atoms with Crippen molar-refractivity contribution in [2.75, 3.05) is 6.61 Å². The van der Waals surface area contributed by atoms with Crippen LogP contribution in [0.1, 0.15) is 48.4 Å². The van der Waals surface area contributed by atoms with Gasteiger partial charge in [0.2, 0.25) is 5.82 Å². The fourth-order valence-corrected chi connectivity index (χ4v) is 3.64. The lowest BCUT2D eigenvalue weighted by Gasteiger charge is -2.12. The average molecular weight is 448 g/mol. The summed E-state index contributed by atoms with van der Waals surface area (Å²) in [6, 6.07) is 12.9. The highest BCUT2D eigenvalue weighted by molar-refractivity contribution is 5.66. The molecule has 0 saturated carbocycles. The first kappa shape index (κ1) is 23.8. The molecule has 0 radical (unpaired) electrons. The average Bonchev–Trinajstić information content (AvgIpc) is 2.76. The molecule has 1 nitrogen and oxygen atoms in total. The fraction of sp³-hybridized carbons (Fsp3) is 0.308. The SMILES string of the molecule is CCCc1ccc(OCCCc2ccc(-c3ccc(C)c(C(F)F)c3F)cc2)c(F)c1F. The van der Waals surface area contributed by atoms with Gasteiger partial charge in [0, 0.05) is 5.56 Å². The Morgan fingerprint density at radius 3 is 2.19 bits per heavy atom. The molecule has 32 heavy (non-hydrogen) atoms. The van der Waals surface area contributed by atoms with E-state index in [1.807, 2.05) is 6.92 Å². The lowest BCUT2D eigenvalue weighted by Crippen LogP contribution is -2.04. The Morgan fingerprint density at radius 2 is 1.53 bits per heavy atom. The van der Waals surface area contributed by atoms with Gasteiger partial charge in [0.25, 0.3) is 6.43 Å². The number of aryl methyl sites for hydroxylation is 3. The third-order valence-corrected chi connectivity index (χ3v) is 5.39. The van der Waals surface area contributed by atoms with Crippen LogP contribution in [0.25, 0.3) is 11.1 Å². The Labute approximate surface area is 184 Å². The Hall–Kier alpha value is -2.89. The number of benzene rings is 3. The molecule has 0 fully saturated rings. The summed E-state index contributed by atoms with van der Waals surface area (Å²) in [7, 11) is 0. The molecule has 6 heteroatoms. The molecule has 0 aliphatic heterocycles. The van der Waals surface area contributed by atoms with Gasteiger partial charge in [-0.15, -0.1) is 0 Å². The molecule has 0 atom stereocenters. The van der Waals surface area contributed by atoms with Gasteiger partial charge in [0.15, 0.2) is 11.6 Å². The lowest BCUT2D eigenvalue weighted by molar-refractivity contribution is 0.145. The van der Waals surface area contributed by atoms with Crippen LogP contribution >= 0.6 is 0 Å². The molecule has 0 saturated heterocycles. The fourth-order valence-electron chi connectivity index (χ4n) is 3.64. The van der Waals surface area contributed by atoms with E-state index in [0.717, 1.165) is 12.0 Å². The van der Waals surface area contributed by atoms with E-state index >= 15 is 0 Å². The minimum atomic E-state index is -2.88. The summed E-state index contributed by atoms with van der Waals surface area (Å²) in [6.07, 6.45) is -0.521. The van der Waals surface area contributed by atoms with Gasteiger partial charge in [-0.2, -0.15) is 4.39 Å². The molecule has 3 aromatic rings. The van der Waals surface area contributed by atoms with Crippen molar-refractivity contribution in [3.63, 3.8) is 0 Å². The highest BCUT2D eigenvalue weighted by Crippen LogP contribution is 2.33. The summed E-state index contributed by atoms with van der Waals surface area (Å²) in [5.74, 6) is -2.84. The van der Waals surface area contributed by atoms with Crippen LogP contribution in [-0.4, -0.2) is 6.61 Å². The zero-order valence-corrected chi connectivity index (χ0v) is 18.0. The number of alkyl halides is 2. The van der Waals surface area contributed by atoms with Crippen molar-refractivity contribution in [2.45, 2.75) is 46.0 Å². The Morgan fingerprint density at radius 1 is 0.812 bits per heavy atom. The normalized spacial score (nSPS) is 11.2. The summed E-state index contributed by atoms with van der Waals surface area (Å²) in [4.78, 5) is 0. The van der Waals surface area contributed by atoms with Crippen LogP contribution in [0.2, 0.25) is 0 Å². The standard InChI is InChI=1S/C26H25F5O/c1-3-5-19-12-14-21(25(29)23(19)27)32-15-4-6-17-8-10-18(11-9-17)20-13-7-16(2)22(24(20)28)26(30)31/h7-14,26H,3-6,15H2,1-2H3. The van der Waals surface area contributed by atoms with Crippen molar-refractivity contribution in [3.8, 4) is 16.9 Å². The van der Waals surface area contributed by atoms with E-state index in [-0.39, 0.29) is 23.5 Å². The van der Waals surface area contributed by atoms with Gasteiger partial charge in [-0.1, -0.05) is 55.8 Å². The molecule has 0 amide bonds. The smallest absolute Gasteiger partial charge is 0.266 e. The van der Waals surface area contributed by atoms with Crippen LogP contribution in [-0.2, 0) is 12.8 Å². The van der Waals surface area contributed by atoms with E-state index in [4.69, 9.17) is 4.74 Å². The van der Waals surface area contributed by atoms with E-state index in [1.165, 1.54) is 25.1 Å². The monoisotopic (exact) mass is 448 g/mol. The maximum atomic E-state index is 14.6. The third-order valence-electron chi connectivity index (χ3n) is 5.39. The maximum Gasteiger partial charge on any atom is 0.266 e. The van der Waals surface area contributed by atoms with E-state index < -0.39 is 29.4 Å². The van der Waals surface area contributed by atoms with Crippen LogP contribution in [0.3, 0.4) is 0 Å². The van der Waals surface area contributed by atoms with Crippen molar-refractivity contribution >= 4 is 0 Å². The quantitative estimate of drug-likeness (QED) is 0.238. The molecular formula is C26H25F5O. The zero-order chi connectivity index (χ0) is 23.3. The maximum absolute atomic E-state index is 14.6. The predicted octanol–water partition coefficient (Wildman–Crippen LogP) is 7.98. The van der Waals surface area contributed by atoms with Gasteiger partial charge >= 0.3 is 0 Å². The number of ether oxygens (including phenoxy) is 1. The first-order valence-corrected chi connectivity index (χ1v) is 10.6. The van der Waals surface area contributed by atoms with Crippen LogP contribution in [0, 0.1) is 24.4 Å². The summed E-state index contributed by atoms with van der Waals surface area (Å²) in [5, 5.41) is 0. The van der Waals surface area contributed by atoms with Crippen molar-refractivity contribution < 1.29 is 26.7 Å². The first-order valence-electron chi connectivity index (χ1n) is 10.6. The Bertz CT molecular complexity index is 1060. The number of hydrogen-bond donors (Lipinski definition) is 0. The summed E-state index contributed by atoms with van der Waals surface area (Å²) < 4.78 is 74.3. The van der Waals surface area contributed by atoms with Gasteiger partial charge in [0.1, 0.15) is 5.82 Å². The van der Waals surface area contributed by atoms with Crippen LogP contribution in [0.15, 0.2) is 48.5 Å². The molecule has 0 N–H and O–H groups in total. The summed E-state index contributed by atoms with van der Waals surface area (Å²) >= 11 is 0. The Balaban J connectivity index is 1.60. The number of hydrogen-bond acceptors (Lipinski definition) is 1. The lowest BCUT2D eigenvalue weighted by atomic mass is 9.97. The van der Waals surface area contributed by atoms with Gasteiger partial charge < -0.3 is 4.74 Å². The molecule has 0 unspecified atom stereocenters. The van der Waals surface area contributed by atoms with E-state index in [1.54, 1.807) is 30.3 Å². The van der Waals surface area contributed by atoms with E-state index in [2.05, 4.69) is 0 Å². The molecule has 170 valence electrons. The largest absolute Gasteiger partial charge is 0.490 e. The second-order valence-corrected chi connectivity index (χ2v) is 7.71. The van der Waals surface area contributed by atoms with Crippen molar-refractivity contribution in [2.24, 2.45) is 0 Å². The highest BCUT2D eigenvalue weighted by atomic mass is 19.3. The van der Waals surface area contributed by atoms with Crippen molar-refractivity contribution in [3.05, 3.63) is 88.2 Å². The highest BCUT2D eigenvalue weighted by Gasteiger charge is 2.20. The first-order chi connectivity index (χ1) is 15.3. The van der Waals surface area contributed by atoms with Crippen LogP contribution in [0.5, 0.6) is 5.75 Å². The second kappa shape index (κ2) is 10.6. The van der Waals surface area contributed by atoms with E-state index in [9.17, 15) is 22.0 Å². The minimum absolute atomic E-state index is 0.109. The summed E-state index contributed by atoms with van der Waals surface area (Å²) in [5.41, 5.74) is 1.55. The zero-order valence-electron chi connectivity index (χ0n) is 18.0. The second-order valence-electron chi connectivity index (χ2n) is 7.71. The van der Waals surface area contributed by atoms with E-state index in [0.29, 0.717) is 30.4 Å². The molecule has 0 aromatic heterocycles. The van der Waals surface area contributed by atoms with Gasteiger partial charge in [-0.25, -0.2) is 17.6 Å². The van der Waals surface area contributed by atoms with Crippen molar-refractivity contribution in [1.82, 2.24) is 0 Å². The molecule has 0 heterocycles. The number of rotatable bonds is 9. The predicted molar refractivity (Wildman–Crippen MR) is 116 cm³/mol. The van der Waals surface area contributed by atoms with Crippen LogP contribution < -0.4 is 4.74 Å². The summed E-state index contributed by atoms with van der Waals surface area (Å²) in [6.45, 7) is 3.56. The third kappa shape index (κ3) is 5.29. The molecule has 0 bridgehead atoms.